The SMILES string of the molecule is CN1C(=O)C2C(=NC(=O)CC2c2ccccc2C(F)(F)F)N(C)C1=O. The van der Waals surface area contributed by atoms with Crippen LogP contribution in [-0.4, -0.2) is 47.6 Å². The van der Waals surface area contributed by atoms with E-state index < -0.39 is 41.4 Å². The fourth-order valence-electron chi connectivity index (χ4n) is 3.29. The summed E-state index contributed by atoms with van der Waals surface area (Å²) in [5, 5.41) is 0. The van der Waals surface area contributed by atoms with Crippen molar-refractivity contribution >= 4 is 23.7 Å². The smallest absolute Gasteiger partial charge is 0.284 e. The Kier molecular flexibility index (Phi) is 3.89. The van der Waals surface area contributed by atoms with Crippen LogP contribution in [0.4, 0.5) is 18.0 Å². The Morgan fingerprint density at radius 1 is 1.08 bits per heavy atom. The van der Waals surface area contributed by atoms with E-state index in [0.29, 0.717) is 0 Å². The number of amidine groups is 1. The van der Waals surface area contributed by atoms with E-state index in [9.17, 15) is 27.6 Å². The van der Waals surface area contributed by atoms with E-state index in [-0.39, 0.29) is 17.8 Å². The Morgan fingerprint density at radius 2 is 1.72 bits per heavy atom. The van der Waals surface area contributed by atoms with Gasteiger partial charge < -0.3 is 0 Å². The number of carbonyl (C=O) groups excluding carboxylic acids is 3. The first-order chi connectivity index (χ1) is 11.6. The highest BCUT2D eigenvalue weighted by atomic mass is 19.4. The number of aliphatic imine (C=N–C) groups is 1. The molecule has 0 N–H and O–H groups in total. The maximum absolute atomic E-state index is 13.4. The van der Waals surface area contributed by atoms with Crippen LogP contribution < -0.4 is 0 Å². The molecule has 0 radical (unpaired) electrons. The number of nitrogens with zero attached hydrogens (tertiary/aromatic N) is 3. The highest BCUT2D eigenvalue weighted by Gasteiger charge is 2.50. The fourth-order valence-corrected chi connectivity index (χ4v) is 3.29. The maximum atomic E-state index is 13.4. The van der Waals surface area contributed by atoms with Crippen molar-refractivity contribution < 1.29 is 27.6 Å². The third-order valence-electron chi connectivity index (χ3n) is 4.49. The van der Waals surface area contributed by atoms with Crippen LogP contribution in [0.5, 0.6) is 0 Å². The van der Waals surface area contributed by atoms with Crippen molar-refractivity contribution in [1.82, 2.24) is 9.80 Å². The van der Waals surface area contributed by atoms with Crippen molar-refractivity contribution in [2.24, 2.45) is 10.9 Å². The van der Waals surface area contributed by atoms with Gasteiger partial charge in [-0.15, -0.1) is 0 Å². The molecule has 1 saturated heterocycles. The molecule has 132 valence electrons. The second-order valence-electron chi connectivity index (χ2n) is 5.98. The summed E-state index contributed by atoms with van der Waals surface area (Å²) < 4.78 is 40.1. The normalized spacial score (nSPS) is 24.4. The van der Waals surface area contributed by atoms with E-state index in [1.54, 1.807) is 0 Å². The number of benzene rings is 1. The van der Waals surface area contributed by atoms with Gasteiger partial charge in [0, 0.05) is 26.4 Å². The standard InChI is InChI=1S/C16H14F3N3O3/c1-21-13-12(14(24)22(2)15(21)25)9(7-11(23)20-13)8-5-3-4-6-10(8)16(17,18)19/h3-6,9,12H,7H2,1-2H3. The van der Waals surface area contributed by atoms with Gasteiger partial charge in [-0.05, 0) is 11.6 Å². The fraction of sp³-hybridized carbons (Fsp3) is 0.375. The molecular weight excluding hydrogens is 339 g/mol. The zero-order valence-corrected chi connectivity index (χ0v) is 13.4. The van der Waals surface area contributed by atoms with Gasteiger partial charge in [0.2, 0.25) is 11.8 Å². The number of hydrogen-bond acceptors (Lipinski definition) is 3. The molecule has 3 rings (SSSR count). The first-order valence-electron chi connectivity index (χ1n) is 7.45. The summed E-state index contributed by atoms with van der Waals surface area (Å²) in [5.74, 6) is -3.59. The number of fused-ring (bicyclic) bond motifs is 1. The van der Waals surface area contributed by atoms with Crippen molar-refractivity contribution in [3.05, 3.63) is 35.4 Å². The van der Waals surface area contributed by atoms with E-state index in [1.165, 1.54) is 32.3 Å². The highest BCUT2D eigenvalue weighted by Crippen LogP contribution is 2.42. The van der Waals surface area contributed by atoms with E-state index in [4.69, 9.17) is 0 Å². The quantitative estimate of drug-likeness (QED) is 0.778. The van der Waals surface area contributed by atoms with Crippen LogP contribution in [0.3, 0.4) is 0 Å². The van der Waals surface area contributed by atoms with Crippen molar-refractivity contribution in [1.29, 1.82) is 0 Å². The van der Waals surface area contributed by atoms with E-state index in [1.807, 2.05) is 0 Å². The first-order valence-corrected chi connectivity index (χ1v) is 7.45. The van der Waals surface area contributed by atoms with Crippen molar-refractivity contribution in [3.63, 3.8) is 0 Å². The molecule has 2 aliphatic heterocycles. The molecule has 0 aliphatic carbocycles. The molecule has 0 aromatic heterocycles. The molecule has 9 heteroatoms. The topological polar surface area (TPSA) is 70.1 Å². The second kappa shape index (κ2) is 5.68. The van der Waals surface area contributed by atoms with Gasteiger partial charge in [0.1, 0.15) is 11.8 Å². The molecular formula is C16H14F3N3O3. The largest absolute Gasteiger partial charge is 0.416 e. The van der Waals surface area contributed by atoms with E-state index >= 15 is 0 Å². The van der Waals surface area contributed by atoms with Crippen LogP contribution in [0, 0.1) is 5.92 Å². The number of urea groups is 1. The lowest BCUT2D eigenvalue weighted by Gasteiger charge is -2.41. The van der Waals surface area contributed by atoms with Gasteiger partial charge in [0.25, 0.3) is 0 Å². The average Bonchev–Trinajstić information content (AvgIpc) is 2.56. The minimum atomic E-state index is -4.63. The van der Waals surface area contributed by atoms with Crippen molar-refractivity contribution in [2.75, 3.05) is 14.1 Å². The molecule has 25 heavy (non-hydrogen) atoms. The van der Waals surface area contributed by atoms with Gasteiger partial charge >= 0.3 is 12.2 Å². The summed E-state index contributed by atoms with van der Waals surface area (Å²) in [7, 11) is 2.59. The molecule has 0 spiro atoms. The number of carbonyl (C=O) groups is 3. The number of halogens is 3. The molecule has 1 aromatic rings. The van der Waals surface area contributed by atoms with Crippen LogP contribution in [0.2, 0.25) is 0 Å². The van der Waals surface area contributed by atoms with Crippen LogP contribution >= 0.6 is 0 Å². The molecule has 2 aliphatic rings. The Balaban J connectivity index is 2.16. The predicted molar refractivity (Wildman–Crippen MR) is 80.7 cm³/mol. The minimum Gasteiger partial charge on any atom is -0.284 e. The summed E-state index contributed by atoms with van der Waals surface area (Å²) in [5.41, 5.74) is -1.05. The summed E-state index contributed by atoms with van der Waals surface area (Å²) >= 11 is 0. The number of amides is 4. The Labute approximate surface area is 140 Å². The van der Waals surface area contributed by atoms with Gasteiger partial charge in [0.15, 0.2) is 0 Å². The lowest BCUT2D eigenvalue weighted by molar-refractivity contribution is -0.140. The Bertz CT molecular complexity index is 803. The molecule has 1 aromatic carbocycles. The van der Waals surface area contributed by atoms with Crippen LogP contribution in [0.15, 0.2) is 29.3 Å². The lowest BCUT2D eigenvalue weighted by Crippen LogP contribution is -2.59. The zero-order valence-electron chi connectivity index (χ0n) is 13.4. The lowest BCUT2D eigenvalue weighted by atomic mass is 9.77. The van der Waals surface area contributed by atoms with Gasteiger partial charge in [-0.25, -0.2) is 4.79 Å². The minimum absolute atomic E-state index is 0.105. The number of rotatable bonds is 1. The van der Waals surface area contributed by atoms with E-state index in [2.05, 4.69) is 4.99 Å². The van der Waals surface area contributed by atoms with Crippen LogP contribution in [-0.2, 0) is 15.8 Å². The number of imide groups is 1. The molecule has 0 saturated carbocycles. The highest BCUT2D eigenvalue weighted by molar-refractivity contribution is 6.21. The third kappa shape index (κ3) is 2.69. The molecule has 4 amide bonds. The molecule has 6 nitrogen and oxygen atoms in total. The first kappa shape index (κ1) is 17.1. The number of hydrogen-bond donors (Lipinski definition) is 0. The summed E-state index contributed by atoms with van der Waals surface area (Å²) in [6.45, 7) is 0. The second-order valence-corrected chi connectivity index (χ2v) is 5.98. The molecule has 2 unspecified atom stereocenters. The molecule has 1 fully saturated rings. The van der Waals surface area contributed by atoms with Gasteiger partial charge in [0.05, 0.1) is 5.56 Å². The zero-order chi connectivity index (χ0) is 18.5. The summed E-state index contributed by atoms with van der Waals surface area (Å²) in [4.78, 5) is 42.2. The van der Waals surface area contributed by atoms with Gasteiger partial charge in [-0.1, -0.05) is 18.2 Å². The van der Waals surface area contributed by atoms with Crippen LogP contribution in [0.25, 0.3) is 0 Å². The van der Waals surface area contributed by atoms with Crippen molar-refractivity contribution in [3.8, 4) is 0 Å². The average molecular weight is 353 g/mol. The summed E-state index contributed by atoms with van der Waals surface area (Å²) in [6, 6.07) is 4.16. The Hall–Kier alpha value is -2.71. The van der Waals surface area contributed by atoms with Crippen LogP contribution in [0.1, 0.15) is 23.5 Å². The maximum Gasteiger partial charge on any atom is 0.416 e. The molecule has 2 heterocycles. The van der Waals surface area contributed by atoms with E-state index in [0.717, 1.165) is 15.9 Å². The molecule has 2 atom stereocenters. The third-order valence-corrected chi connectivity index (χ3v) is 4.49. The van der Waals surface area contributed by atoms with Gasteiger partial charge in [-0.2, -0.15) is 18.2 Å². The molecule has 0 bridgehead atoms. The summed E-state index contributed by atoms with van der Waals surface area (Å²) in [6.07, 6.45) is -4.96. The van der Waals surface area contributed by atoms with Gasteiger partial charge in [-0.3, -0.25) is 19.4 Å². The van der Waals surface area contributed by atoms with Crippen molar-refractivity contribution in [2.45, 2.75) is 18.5 Å². The monoisotopic (exact) mass is 353 g/mol. The number of alkyl halides is 3. The Morgan fingerprint density at radius 3 is 2.36 bits per heavy atom. The predicted octanol–water partition coefficient (Wildman–Crippen LogP) is 2.26.